The minimum atomic E-state index is -1.35. The topological polar surface area (TPSA) is 332 Å². The minimum absolute atomic E-state index is 0.0134. The number of imidazole rings is 1. The Bertz CT molecular complexity index is 2820. The standard InChI is InChI=1S/C36H41N7O5.C22H47N5O5.2CO2/c1-43-23-30(33(44)29-13-8-26(18-32(29)43)21-42-36-38-15-16-39-36)34(45)41-22-31(35(46)47)40-20-25-6-11-28(12-7-25)27-9-4-24(5-10-27)19-37-14-3-17-48-2;1-4-15-31-17-18-32-16-5-6-23-21(28)19-26-11-9-24(2)7-8-25(3)10-12-27(14-13-26)20-22(29)30;2*2-1-3/h4-13,15-16,18,23,31,37,40H,3,14,17,19-22H2,1-2H3,(H,41,45)(H,46,47)(H2,38,39,42);22,29-30H,4-20H2,1-3H3,(H,23,28);;. The van der Waals surface area contributed by atoms with Crippen molar-refractivity contribution in [1.29, 1.82) is 0 Å². The lowest BCUT2D eigenvalue weighted by Crippen LogP contribution is -2.48. The Kier molecular flexibility index (Phi) is 36.7. The average molecular weight is 1200 g/mol. The highest BCUT2D eigenvalue weighted by atomic mass is 16.5. The van der Waals surface area contributed by atoms with Crippen LogP contribution < -0.4 is 32.0 Å². The van der Waals surface area contributed by atoms with Gasteiger partial charge in [-0.3, -0.25) is 34.3 Å². The number of H-pyrrole nitrogens is 1. The van der Waals surface area contributed by atoms with Crippen molar-refractivity contribution in [2.45, 2.75) is 58.2 Å². The van der Waals surface area contributed by atoms with Gasteiger partial charge in [0.1, 0.15) is 11.6 Å². The van der Waals surface area contributed by atoms with E-state index in [-0.39, 0.29) is 43.4 Å². The number of ether oxygens (including phenoxy) is 3. The number of carboxylic acid groups (broad SMARTS) is 1. The largest absolute Gasteiger partial charge is 0.480 e. The van der Waals surface area contributed by atoms with Crippen LogP contribution in [0.1, 0.15) is 53.2 Å². The van der Waals surface area contributed by atoms with Crippen molar-refractivity contribution in [3.05, 3.63) is 118 Å². The monoisotopic (exact) mass is 1200 g/mol. The highest BCUT2D eigenvalue weighted by molar-refractivity contribution is 5.97. The summed E-state index contributed by atoms with van der Waals surface area (Å²) in [5.74, 6) is -1.09. The fourth-order valence-electron chi connectivity index (χ4n) is 8.72. The van der Waals surface area contributed by atoms with E-state index in [0.29, 0.717) is 69.4 Å². The molecule has 0 bridgehead atoms. The number of pyridine rings is 1. The summed E-state index contributed by atoms with van der Waals surface area (Å²) in [5.41, 5.74) is 5.37. The van der Waals surface area contributed by atoms with Gasteiger partial charge in [-0.25, -0.2) is 4.98 Å². The maximum Gasteiger partial charge on any atom is 0.373 e. The van der Waals surface area contributed by atoms with E-state index in [1.165, 1.54) is 11.8 Å². The fraction of sp³-hybridized carbons (Fsp3) is 0.517. The Morgan fingerprint density at radius 2 is 1.28 bits per heavy atom. The van der Waals surface area contributed by atoms with Crippen LogP contribution in [0.4, 0.5) is 5.95 Å². The SMILES string of the molecule is CCCOCCOCCCNC(=O)CN1CCN(C)CCN(C)CCN(CC(O)O)CC1.COCCCNCc1ccc(-c2ccc(CNC(CNC(=O)c3cn(C)c4cc(CNc5ncc[nH]5)ccc4c3=O)C(=O)O)cc2)cc1.O=C=O.O=C=O. The Morgan fingerprint density at radius 1 is 0.709 bits per heavy atom. The number of aromatic amines is 1. The van der Waals surface area contributed by atoms with Crippen molar-refractivity contribution in [2.75, 3.05) is 145 Å². The number of aliphatic hydroxyl groups excluding tert-OH is 1. The first-order chi connectivity index (χ1) is 41.5. The number of carbonyl (C=O) groups is 3. The van der Waals surface area contributed by atoms with Crippen molar-refractivity contribution in [3.63, 3.8) is 0 Å². The van der Waals surface area contributed by atoms with Crippen LogP contribution in [0.2, 0.25) is 0 Å². The first kappa shape index (κ1) is 72.9. The maximum absolute atomic E-state index is 13.2. The number of hydrogen-bond acceptors (Lipinski definition) is 21. The molecule has 6 rings (SSSR count). The molecule has 26 heteroatoms. The molecule has 86 heavy (non-hydrogen) atoms. The number of amides is 2. The second kappa shape index (κ2) is 43.3. The van der Waals surface area contributed by atoms with E-state index in [4.69, 9.17) is 33.4 Å². The van der Waals surface area contributed by atoms with Gasteiger partial charge >= 0.3 is 18.3 Å². The Morgan fingerprint density at radius 3 is 1.87 bits per heavy atom. The van der Waals surface area contributed by atoms with E-state index in [1.54, 1.807) is 37.2 Å². The number of carboxylic acids is 1. The quantitative estimate of drug-likeness (QED) is 0.0230. The van der Waals surface area contributed by atoms with Crippen molar-refractivity contribution in [2.24, 2.45) is 7.05 Å². The molecule has 0 aliphatic carbocycles. The van der Waals surface area contributed by atoms with Crippen molar-refractivity contribution in [1.82, 2.24) is 55.4 Å². The molecule has 1 atom stereocenters. The normalized spacial score (nSPS) is 13.9. The minimum Gasteiger partial charge on any atom is -0.480 e. The van der Waals surface area contributed by atoms with E-state index in [9.17, 15) is 34.5 Å². The summed E-state index contributed by atoms with van der Waals surface area (Å²) in [6.45, 7) is 15.5. The van der Waals surface area contributed by atoms with Crippen LogP contribution in [-0.2, 0) is 69.7 Å². The number of fused-ring (bicyclic) bond motifs is 1. The lowest BCUT2D eigenvalue weighted by atomic mass is 10.0. The van der Waals surface area contributed by atoms with Gasteiger partial charge in [-0.2, -0.15) is 19.2 Å². The van der Waals surface area contributed by atoms with Crippen LogP contribution in [-0.4, -0.2) is 231 Å². The Hall–Kier alpha value is -7.39. The molecule has 0 spiro atoms. The number of methoxy groups -OCH3 is 1. The molecule has 9 N–H and O–H groups in total. The van der Waals surface area contributed by atoms with Gasteiger partial charge < -0.3 is 70.1 Å². The number of rotatable bonds is 30. The lowest BCUT2D eigenvalue weighted by Gasteiger charge is -2.32. The second-order valence-electron chi connectivity index (χ2n) is 20.3. The third kappa shape index (κ3) is 29.6. The summed E-state index contributed by atoms with van der Waals surface area (Å²) >= 11 is 0. The predicted molar refractivity (Wildman–Crippen MR) is 321 cm³/mol. The number of aryl methyl sites for hydroxylation is 1. The van der Waals surface area contributed by atoms with Crippen molar-refractivity contribution < 1.29 is 63.1 Å². The molecule has 472 valence electrons. The molecule has 1 unspecified atom stereocenters. The van der Waals surface area contributed by atoms with Gasteiger partial charge in [-0.15, -0.1) is 0 Å². The number of nitrogens with zero attached hydrogens (tertiary/aromatic N) is 6. The summed E-state index contributed by atoms with van der Waals surface area (Å²) < 4.78 is 17.7. The second-order valence-corrected chi connectivity index (χ2v) is 20.3. The first-order valence-corrected chi connectivity index (χ1v) is 28.6. The zero-order chi connectivity index (χ0) is 62.9. The Balaban J connectivity index is 0.000000442. The van der Waals surface area contributed by atoms with Crippen LogP contribution >= 0.6 is 0 Å². The summed E-state index contributed by atoms with van der Waals surface area (Å²) in [4.78, 5) is 99.1. The molecule has 3 aromatic carbocycles. The van der Waals surface area contributed by atoms with Gasteiger partial charge in [0.25, 0.3) is 5.91 Å². The van der Waals surface area contributed by atoms with E-state index < -0.39 is 29.6 Å². The third-order valence-corrected chi connectivity index (χ3v) is 13.5. The zero-order valence-corrected chi connectivity index (χ0v) is 50.2. The molecular weight excluding hydrogens is 1110 g/mol. The van der Waals surface area contributed by atoms with Gasteiger partial charge in [-0.05, 0) is 79.9 Å². The third-order valence-electron chi connectivity index (χ3n) is 13.5. The molecule has 0 radical (unpaired) electrons. The van der Waals surface area contributed by atoms with Gasteiger partial charge in [0.15, 0.2) is 12.2 Å². The number of aromatic nitrogens is 3. The zero-order valence-electron chi connectivity index (χ0n) is 50.2. The molecule has 0 saturated carbocycles. The molecule has 1 saturated heterocycles. The van der Waals surface area contributed by atoms with Crippen LogP contribution in [0, 0.1) is 0 Å². The van der Waals surface area contributed by atoms with Gasteiger partial charge in [-0.1, -0.05) is 61.5 Å². The van der Waals surface area contributed by atoms with E-state index in [1.807, 2.05) is 36.4 Å². The van der Waals surface area contributed by atoms with Gasteiger partial charge in [0, 0.05) is 150 Å². The Labute approximate surface area is 502 Å². The highest BCUT2D eigenvalue weighted by Gasteiger charge is 2.22. The number of benzene rings is 3. The molecule has 1 aliphatic heterocycles. The van der Waals surface area contributed by atoms with Crippen LogP contribution in [0.5, 0.6) is 0 Å². The molecule has 2 amide bonds. The summed E-state index contributed by atoms with van der Waals surface area (Å²) in [6, 6.07) is 20.6. The molecule has 3 heterocycles. The smallest absolute Gasteiger partial charge is 0.373 e. The number of anilines is 1. The number of nitrogens with one attached hydrogen (secondary N) is 6. The van der Waals surface area contributed by atoms with Crippen molar-refractivity contribution in [3.8, 4) is 11.1 Å². The molecule has 1 aliphatic rings. The molecule has 1 fully saturated rings. The number of carbonyl (C=O) groups excluding carboxylic acids is 6. The fourth-order valence-corrected chi connectivity index (χ4v) is 8.72. The van der Waals surface area contributed by atoms with E-state index in [0.717, 1.165) is 107 Å². The predicted octanol–water partition coefficient (Wildman–Crippen LogP) is 1.20. The summed E-state index contributed by atoms with van der Waals surface area (Å²) in [5, 5.41) is 44.2. The van der Waals surface area contributed by atoms with Gasteiger partial charge in [0.2, 0.25) is 11.3 Å². The molecule has 5 aromatic rings. The summed E-state index contributed by atoms with van der Waals surface area (Å²) in [6.07, 6.45) is 6.76. The number of aliphatic carboxylic acids is 1. The van der Waals surface area contributed by atoms with Crippen molar-refractivity contribution >= 4 is 46.9 Å². The number of β-amino-alcohol motifs (C(OH)–C–C–N with tert-alkyl or cyclic N) is 2. The number of aliphatic hydroxyl groups is 2. The first-order valence-electron chi connectivity index (χ1n) is 28.6. The van der Waals surface area contributed by atoms with E-state index >= 15 is 0 Å². The van der Waals surface area contributed by atoms with Crippen LogP contribution in [0.25, 0.3) is 22.0 Å². The number of likely N-dealkylation sites (N-methyl/N-ethyl adjacent to an activating group) is 2. The van der Waals surface area contributed by atoms with Crippen LogP contribution in [0.3, 0.4) is 0 Å². The highest BCUT2D eigenvalue weighted by Crippen LogP contribution is 2.21. The lowest BCUT2D eigenvalue weighted by molar-refractivity contribution is -0.193. The average Bonchev–Trinajstić information content (AvgIpc) is 1.37. The summed E-state index contributed by atoms with van der Waals surface area (Å²) in [7, 11) is 7.67. The molecule has 26 nitrogen and oxygen atoms in total. The number of hydrogen-bond donors (Lipinski definition) is 9. The maximum atomic E-state index is 13.2. The molecular formula is C60H88N12O14. The van der Waals surface area contributed by atoms with E-state index in [2.05, 4.69) is 101 Å². The van der Waals surface area contributed by atoms with Gasteiger partial charge in [0.05, 0.1) is 25.3 Å². The molecule has 2 aromatic heterocycles. The van der Waals surface area contributed by atoms with Crippen LogP contribution in [0.15, 0.2) is 90.1 Å².